The molecule has 2 amide bonds. The second-order valence-corrected chi connectivity index (χ2v) is 5.40. The van der Waals surface area contributed by atoms with Crippen LogP contribution in [0.4, 0.5) is 0 Å². The molecule has 2 fully saturated rings. The third kappa shape index (κ3) is 4.18. The van der Waals surface area contributed by atoms with Crippen LogP contribution in [-0.4, -0.2) is 55.6 Å². The number of hydrogen-bond donors (Lipinski definition) is 2. The van der Waals surface area contributed by atoms with E-state index in [1.807, 2.05) is 0 Å². The van der Waals surface area contributed by atoms with Crippen LogP contribution in [0.15, 0.2) is 0 Å². The molecule has 6 nitrogen and oxygen atoms in total. The first-order chi connectivity index (χ1) is 9.16. The molecule has 0 aromatic carbocycles. The summed E-state index contributed by atoms with van der Waals surface area (Å²) in [6.07, 6.45) is 4.39. The lowest BCUT2D eigenvalue weighted by atomic mass is 9.94. The molecule has 0 atom stereocenters. The van der Waals surface area contributed by atoms with Gasteiger partial charge < -0.3 is 20.7 Å². The monoisotopic (exact) mass is 269 g/mol. The van der Waals surface area contributed by atoms with Crippen LogP contribution in [-0.2, 0) is 14.3 Å². The molecule has 2 rings (SSSR count). The Hall–Kier alpha value is -1.14. The maximum atomic E-state index is 11.1. The number of ether oxygens (including phenoxy) is 1. The fourth-order valence-corrected chi connectivity index (χ4v) is 2.90. The first-order valence-corrected chi connectivity index (χ1v) is 7.06. The molecule has 2 aliphatic heterocycles. The molecule has 0 aromatic heterocycles. The number of primary amides is 1. The van der Waals surface area contributed by atoms with E-state index in [1.165, 1.54) is 0 Å². The van der Waals surface area contributed by atoms with Gasteiger partial charge in [0.2, 0.25) is 0 Å². The summed E-state index contributed by atoms with van der Waals surface area (Å²) in [6, 6.07) is 0.662. The number of nitrogens with zero attached hydrogens (tertiary/aromatic N) is 1. The van der Waals surface area contributed by atoms with E-state index < -0.39 is 11.8 Å². The molecule has 19 heavy (non-hydrogen) atoms. The average molecular weight is 269 g/mol. The molecule has 2 saturated heterocycles. The molecule has 0 spiro atoms. The average Bonchev–Trinajstić information content (AvgIpc) is 2.46. The van der Waals surface area contributed by atoms with Crippen LogP contribution in [0, 0.1) is 5.92 Å². The molecule has 2 heterocycles. The van der Waals surface area contributed by atoms with Gasteiger partial charge in [0.25, 0.3) is 0 Å². The van der Waals surface area contributed by atoms with E-state index in [0.717, 1.165) is 52.0 Å². The third-order valence-corrected chi connectivity index (χ3v) is 4.13. The summed E-state index contributed by atoms with van der Waals surface area (Å²) in [4.78, 5) is 24.2. The Balaban J connectivity index is 1.67. The van der Waals surface area contributed by atoms with E-state index in [0.29, 0.717) is 18.5 Å². The maximum Gasteiger partial charge on any atom is 0.309 e. The Morgan fingerprint density at radius 3 is 2.37 bits per heavy atom. The minimum absolute atomic E-state index is 0.458. The van der Waals surface area contributed by atoms with Gasteiger partial charge in [-0.15, -0.1) is 0 Å². The number of nitrogens with one attached hydrogen (secondary N) is 1. The molecular formula is C13H23N3O3. The number of rotatable bonds is 3. The van der Waals surface area contributed by atoms with Crippen molar-refractivity contribution in [1.82, 2.24) is 10.2 Å². The number of carbonyl (C=O) groups is 2. The number of carbonyl (C=O) groups excluding carboxylic acids is 2. The van der Waals surface area contributed by atoms with E-state index in [-0.39, 0.29) is 0 Å². The van der Waals surface area contributed by atoms with Crippen molar-refractivity contribution in [1.29, 1.82) is 0 Å². The van der Waals surface area contributed by atoms with E-state index in [2.05, 4.69) is 10.2 Å². The standard InChI is InChI=1S/C13H23N3O3/c14-12(17)13(18)15-9-10-1-5-16(6-2-10)11-3-7-19-8-4-11/h10-11H,1-9H2,(H2,14,17)(H,15,18). The quantitative estimate of drug-likeness (QED) is 0.675. The number of piperidine rings is 1. The number of hydrogen-bond acceptors (Lipinski definition) is 4. The molecule has 0 bridgehead atoms. The van der Waals surface area contributed by atoms with Crippen molar-refractivity contribution in [3.05, 3.63) is 0 Å². The fourth-order valence-electron chi connectivity index (χ4n) is 2.90. The highest BCUT2D eigenvalue weighted by molar-refractivity contribution is 6.34. The zero-order valence-electron chi connectivity index (χ0n) is 11.3. The van der Waals surface area contributed by atoms with Gasteiger partial charge in [0.1, 0.15) is 0 Å². The van der Waals surface area contributed by atoms with Crippen molar-refractivity contribution >= 4 is 11.8 Å². The van der Waals surface area contributed by atoms with Gasteiger partial charge in [-0.1, -0.05) is 0 Å². The van der Waals surface area contributed by atoms with Crippen LogP contribution in [0.1, 0.15) is 25.7 Å². The van der Waals surface area contributed by atoms with Crippen molar-refractivity contribution in [3.63, 3.8) is 0 Å². The van der Waals surface area contributed by atoms with Crippen molar-refractivity contribution in [2.45, 2.75) is 31.7 Å². The van der Waals surface area contributed by atoms with Crippen molar-refractivity contribution in [2.75, 3.05) is 32.8 Å². The fraction of sp³-hybridized carbons (Fsp3) is 0.846. The van der Waals surface area contributed by atoms with Gasteiger partial charge in [0.05, 0.1) is 0 Å². The molecular weight excluding hydrogens is 246 g/mol. The molecule has 0 radical (unpaired) electrons. The van der Waals surface area contributed by atoms with Gasteiger partial charge in [-0.25, -0.2) is 0 Å². The van der Waals surface area contributed by atoms with Crippen LogP contribution in [0.5, 0.6) is 0 Å². The summed E-state index contributed by atoms with van der Waals surface area (Å²) < 4.78 is 5.38. The second-order valence-electron chi connectivity index (χ2n) is 5.40. The lowest BCUT2D eigenvalue weighted by Crippen LogP contribution is -2.46. The van der Waals surface area contributed by atoms with Gasteiger partial charge in [-0.2, -0.15) is 0 Å². The molecule has 3 N–H and O–H groups in total. The highest BCUT2D eigenvalue weighted by Crippen LogP contribution is 2.22. The Morgan fingerprint density at radius 2 is 1.79 bits per heavy atom. The second kappa shape index (κ2) is 6.86. The minimum atomic E-state index is -0.903. The first-order valence-electron chi connectivity index (χ1n) is 7.06. The lowest BCUT2D eigenvalue weighted by molar-refractivity contribution is -0.137. The lowest BCUT2D eigenvalue weighted by Gasteiger charge is -2.39. The predicted octanol–water partition coefficient (Wildman–Crippen LogP) is -0.521. The largest absolute Gasteiger partial charge is 0.381 e. The molecule has 6 heteroatoms. The van der Waals surface area contributed by atoms with Crippen LogP contribution in [0.2, 0.25) is 0 Å². The van der Waals surface area contributed by atoms with E-state index in [4.69, 9.17) is 10.5 Å². The zero-order valence-corrected chi connectivity index (χ0v) is 11.3. The maximum absolute atomic E-state index is 11.1. The van der Waals surface area contributed by atoms with Crippen LogP contribution in [0.25, 0.3) is 0 Å². The van der Waals surface area contributed by atoms with Crippen molar-refractivity contribution in [3.8, 4) is 0 Å². The summed E-state index contributed by atoms with van der Waals surface area (Å²) in [5.74, 6) is -1.12. The Bertz CT molecular complexity index is 321. The van der Waals surface area contributed by atoms with E-state index in [9.17, 15) is 9.59 Å². The number of likely N-dealkylation sites (tertiary alicyclic amines) is 1. The molecule has 0 aliphatic carbocycles. The van der Waals surface area contributed by atoms with Gasteiger partial charge in [-0.3, -0.25) is 9.59 Å². The third-order valence-electron chi connectivity index (χ3n) is 4.13. The Morgan fingerprint density at radius 1 is 1.16 bits per heavy atom. The minimum Gasteiger partial charge on any atom is -0.381 e. The van der Waals surface area contributed by atoms with Gasteiger partial charge in [0.15, 0.2) is 0 Å². The molecule has 0 unspecified atom stereocenters. The van der Waals surface area contributed by atoms with Gasteiger partial charge in [0, 0.05) is 25.8 Å². The number of nitrogens with two attached hydrogens (primary N) is 1. The van der Waals surface area contributed by atoms with Crippen molar-refractivity contribution < 1.29 is 14.3 Å². The van der Waals surface area contributed by atoms with Gasteiger partial charge in [-0.05, 0) is 44.7 Å². The molecule has 0 saturated carbocycles. The van der Waals surface area contributed by atoms with Gasteiger partial charge >= 0.3 is 11.8 Å². The zero-order chi connectivity index (χ0) is 13.7. The normalized spacial score (nSPS) is 23.2. The highest BCUT2D eigenvalue weighted by atomic mass is 16.5. The van der Waals surface area contributed by atoms with Crippen molar-refractivity contribution in [2.24, 2.45) is 11.7 Å². The predicted molar refractivity (Wildman–Crippen MR) is 70.3 cm³/mol. The SMILES string of the molecule is NC(=O)C(=O)NCC1CCN(C2CCOCC2)CC1. The van der Waals surface area contributed by atoms with Crippen LogP contribution in [0.3, 0.4) is 0 Å². The summed E-state index contributed by atoms with van der Waals surface area (Å²) >= 11 is 0. The summed E-state index contributed by atoms with van der Waals surface area (Å²) in [5, 5.41) is 2.59. The van der Waals surface area contributed by atoms with Crippen LogP contribution < -0.4 is 11.1 Å². The van der Waals surface area contributed by atoms with E-state index >= 15 is 0 Å². The first kappa shape index (κ1) is 14.3. The molecule has 108 valence electrons. The Kier molecular flexibility index (Phi) is 5.15. The van der Waals surface area contributed by atoms with Crippen LogP contribution >= 0.6 is 0 Å². The van der Waals surface area contributed by atoms with E-state index in [1.54, 1.807) is 0 Å². The Labute approximate surface area is 113 Å². The highest BCUT2D eigenvalue weighted by Gasteiger charge is 2.26. The number of amides is 2. The summed E-state index contributed by atoms with van der Waals surface area (Å²) in [5.41, 5.74) is 4.90. The summed E-state index contributed by atoms with van der Waals surface area (Å²) in [6.45, 7) is 4.45. The molecule has 2 aliphatic rings. The summed E-state index contributed by atoms with van der Waals surface area (Å²) in [7, 11) is 0. The topological polar surface area (TPSA) is 84.7 Å². The smallest absolute Gasteiger partial charge is 0.309 e. The molecule has 0 aromatic rings.